The van der Waals surface area contributed by atoms with Crippen LogP contribution in [-0.4, -0.2) is 58.0 Å². The van der Waals surface area contributed by atoms with Crippen molar-refractivity contribution in [3.05, 3.63) is 39.7 Å². The second kappa shape index (κ2) is 13.5. The first-order valence-corrected chi connectivity index (χ1v) is 16.4. The van der Waals surface area contributed by atoms with Crippen LogP contribution in [0.5, 0.6) is 5.88 Å². The third-order valence-electron chi connectivity index (χ3n) is 6.52. The molecular formula is C27H39IN7O6P. The summed E-state index contributed by atoms with van der Waals surface area (Å²) < 4.78 is 39.7. The minimum absolute atomic E-state index is 0.0142. The SMILES string of the molecule is COc1nc(N)nc2c1nc(I)n2[C@@H]1O[C@H](COP(=O)(NCc2ccccc2)N[C@@H](C)C(=O)OCC(C)(C)C)C[C@@H]1C. The summed E-state index contributed by atoms with van der Waals surface area (Å²) in [6.45, 7) is 10.1. The highest BCUT2D eigenvalue weighted by Gasteiger charge is 2.38. The molecule has 2 aromatic heterocycles. The van der Waals surface area contributed by atoms with E-state index in [4.69, 9.17) is 24.5 Å². The van der Waals surface area contributed by atoms with Crippen LogP contribution in [0.2, 0.25) is 0 Å². The predicted molar refractivity (Wildman–Crippen MR) is 167 cm³/mol. The Bertz CT molecular complexity index is 1430. The van der Waals surface area contributed by atoms with Crippen LogP contribution in [-0.2, 0) is 29.9 Å². The van der Waals surface area contributed by atoms with Crippen molar-refractivity contribution in [1.29, 1.82) is 0 Å². The van der Waals surface area contributed by atoms with Crippen LogP contribution in [0, 0.1) is 15.2 Å². The normalized spacial score (nSPS) is 21.3. The molecule has 1 fully saturated rings. The van der Waals surface area contributed by atoms with Gasteiger partial charge in [-0.3, -0.25) is 13.9 Å². The zero-order valence-electron chi connectivity index (χ0n) is 24.7. The standard InChI is InChI=1S/C27H39IN7O6P/c1-16-12-19(41-23(16)35-21-20(31-25(35)28)22(38-6)33-26(29)32-21)14-40-42(37,30-13-18-10-8-7-9-11-18)34-17(2)24(36)39-15-27(3,4)5/h7-11,16-17,19,23H,12-15H2,1-6H3,(H2,29,32,33)(H2,30,34,37)/t16-,17-,19-,23+,42?/m0/s1. The number of nitrogen functional groups attached to an aromatic ring is 1. The number of methoxy groups -OCH3 is 1. The van der Waals surface area contributed by atoms with E-state index in [1.807, 2.05) is 62.6 Å². The summed E-state index contributed by atoms with van der Waals surface area (Å²) in [4.78, 5) is 25.8. The Balaban J connectivity index is 1.47. The van der Waals surface area contributed by atoms with Crippen LogP contribution in [0.1, 0.15) is 52.8 Å². The molecule has 1 aliphatic heterocycles. The van der Waals surface area contributed by atoms with Gasteiger partial charge >= 0.3 is 13.6 Å². The lowest BCUT2D eigenvalue weighted by atomic mass is 9.99. The van der Waals surface area contributed by atoms with E-state index in [-0.39, 0.29) is 42.9 Å². The molecule has 15 heteroatoms. The molecule has 0 amide bonds. The average Bonchev–Trinajstić information content (AvgIpc) is 3.46. The maximum atomic E-state index is 14.0. The number of hydrogen-bond acceptors (Lipinski definition) is 10. The van der Waals surface area contributed by atoms with Crippen LogP contribution in [0.4, 0.5) is 5.95 Å². The Morgan fingerprint density at radius 2 is 1.98 bits per heavy atom. The first-order valence-electron chi connectivity index (χ1n) is 13.7. The lowest BCUT2D eigenvalue weighted by molar-refractivity contribution is -0.148. The van der Waals surface area contributed by atoms with Gasteiger partial charge in [-0.05, 0) is 24.3 Å². The van der Waals surface area contributed by atoms with E-state index in [2.05, 4.69) is 47.7 Å². The van der Waals surface area contributed by atoms with Crippen molar-refractivity contribution >= 4 is 53.3 Å². The van der Waals surface area contributed by atoms with Crippen molar-refractivity contribution in [2.45, 2.75) is 66.0 Å². The smallest absolute Gasteiger partial charge is 0.341 e. The van der Waals surface area contributed by atoms with Crippen molar-refractivity contribution in [3.8, 4) is 5.88 Å². The lowest BCUT2D eigenvalue weighted by Gasteiger charge is -2.26. The Morgan fingerprint density at radius 3 is 2.64 bits per heavy atom. The molecule has 4 N–H and O–H groups in total. The van der Waals surface area contributed by atoms with Crippen molar-refractivity contribution < 1.29 is 28.1 Å². The van der Waals surface area contributed by atoms with Gasteiger partial charge < -0.3 is 24.5 Å². The number of nitrogens with zero attached hydrogens (tertiary/aromatic N) is 4. The minimum Gasteiger partial charge on any atom is -0.479 e. The minimum atomic E-state index is -3.73. The van der Waals surface area contributed by atoms with Gasteiger partial charge in [-0.2, -0.15) is 9.97 Å². The molecule has 42 heavy (non-hydrogen) atoms. The molecule has 1 aliphatic rings. The van der Waals surface area contributed by atoms with Crippen LogP contribution in [0.3, 0.4) is 0 Å². The van der Waals surface area contributed by atoms with Gasteiger partial charge in [0.1, 0.15) is 12.3 Å². The van der Waals surface area contributed by atoms with Crippen molar-refractivity contribution in [1.82, 2.24) is 29.7 Å². The number of nitrogens with two attached hydrogens (primary N) is 1. The zero-order valence-corrected chi connectivity index (χ0v) is 27.7. The van der Waals surface area contributed by atoms with E-state index in [0.29, 0.717) is 21.4 Å². The number of carbonyl (C=O) groups excluding carboxylic acids is 1. The Hall–Kier alpha value is -2.36. The number of hydrogen-bond donors (Lipinski definition) is 3. The topological polar surface area (TPSA) is 165 Å². The molecule has 0 aliphatic carbocycles. The van der Waals surface area contributed by atoms with Gasteiger partial charge in [0.05, 0.1) is 26.4 Å². The molecule has 3 aromatic rings. The quantitative estimate of drug-likeness (QED) is 0.105. The van der Waals surface area contributed by atoms with E-state index in [9.17, 15) is 9.36 Å². The molecule has 1 unspecified atom stereocenters. The Labute approximate surface area is 259 Å². The summed E-state index contributed by atoms with van der Waals surface area (Å²) in [5.41, 5.74) is 7.62. The summed E-state index contributed by atoms with van der Waals surface area (Å²) in [5, 5.41) is 5.85. The predicted octanol–water partition coefficient (Wildman–Crippen LogP) is 4.43. The fourth-order valence-electron chi connectivity index (χ4n) is 4.47. The highest BCUT2D eigenvalue weighted by atomic mass is 127. The number of rotatable bonds is 12. The monoisotopic (exact) mass is 715 g/mol. The summed E-state index contributed by atoms with van der Waals surface area (Å²) in [7, 11) is -2.23. The number of halogens is 1. The zero-order chi connectivity index (χ0) is 30.7. The largest absolute Gasteiger partial charge is 0.479 e. The molecule has 0 radical (unpaired) electrons. The first-order chi connectivity index (χ1) is 19.8. The van der Waals surface area contributed by atoms with E-state index in [0.717, 1.165) is 5.56 Å². The molecule has 0 saturated carbocycles. The maximum Gasteiger partial charge on any atom is 0.341 e. The maximum absolute atomic E-state index is 14.0. The van der Waals surface area contributed by atoms with Gasteiger partial charge in [0.2, 0.25) is 11.8 Å². The molecule has 3 heterocycles. The van der Waals surface area contributed by atoms with E-state index in [1.165, 1.54) is 7.11 Å². The van der Waals surface area contributed by atoms with Crippen LogP contribution in [0.25, 0.3) is 11.2 Å². The van der Waals surface area contributed by atoms with E-state index < -0.39 is 32.0 Å². The molecule has 0 spiro atoms. The lowest BCUT2D eigenvalue weighted by Crippen LogP contribution is -2.39. The second-order valence-electron chi connectivity index (χ2n) is 11.6. The van der Waals surface area contributed by atoms with Crippen molar-refractivity contribution in [2.24, 2.45) is 11.3 Å². The van der Waals surface area contributed by atoms with Crippen LogP contribution >= 0.6 is 30.3 Å². The number of esters is 1. The summed E-state index contributed by atoms with van der Waals surface area (Å²) in [5.74, 6) is -0.123. The van der Waals surface area contributed by atoms with Crippen LogP contribution in [0.15, 0.2) is 30.3 Å². The van der Waals surface area contributed by atoms with E-state index in [1.54, 1.807) is 6.92 Å². The molecule has 0 bridgehead atoms. The second-order valence-corrected chi connectivity index (χ2v) is 14.5. The molecule has 1 aromatic carbocycles. The molecular weight excluding hydrogens is 676 g/mol. The fraction of sp³-hybridized carbons (Fsp3) is 0.556. The van der Waals surface area contributed by atoms with Crippen molar-refractivity contribution in [2.75, 3.05) is 26.1 Å². The van der Waals surface area contributed by atoms with Gasteiger partial charge in [-0.25, -0.2) is 15.2 Å². The average molecular weight is 716 g/mol. The number of aromatic nitrogens is 4. The number of anilines is 1. The number of imidazole rings is 1. The number of benzene rings is 1. The van der Waals surface area contributed by atoms with Gasteiger partial charge in [-0.15, -0.1) is 0 Å². The molecule has 13 nitrogen and oxygen atoms in total. The third-order valence-corrected chi connectivity index (χ3v) is 9.10. The Kier molecular flexibility index (Phi) is 10.5. The number of carbonyl (C=O) groups is 1. The number of nitrogens with one attached hydrogen (secondary N) is 2. The van der Waals surface area contributed by atoms with Gasteiger partial charge in [-0.1, -0.05) is 58.0 Å². The molecule has 5 atom stereocenters. The van der Waals surface area contributed by atoms with E-state index >= 15 is 0 Å². The third kappa shape index (κ3) is 8.17. The van der Waals surface area contributed by atoms with Gasteiger partial charge in [0, 0.05) is 35.1 Å². The fourth-order valence-corrected chi connectivity index (χ4v) is 6.86. The Morgan fingerprint density at radius 1 is 1.26 bits per heavy atom. The number of ether oxygens (including phenoxy) is 3. The van der Waals surface area contributed by atoms with Crippen molar-refractivity contribution in [3.63, 3.8) is 0 Å². The highest BCUT2D eigenvalue weighted by molar-refractivity contribution is 14.1. The summed E-state index contributed by atoms with van der Waals surface area (Å²) >= 11 is 2.11. The summed E-state index contributed by atoms with van der Waals surface area (Å²) in [6, 6.07) is 8.64. The molecule has 1 saturated heterocycles. The first kappa shape index (κ1) is 32.6. The molecule has 230 valence electrons. The van der Waals surface area contributed by atoms with Crippen LogP contribution < -0.4 is 20.6 Å². The van der Waals surface area contributed by atoms with Gasteiger partial charge in [0.25, 0.3) is 0 Å². The highest BCUT2D eigenvalue weighted by Crippen LogP contribution is 2.43. The molecule has 4 rings (SSSR count). The van der Waals surface area contributed by atoms with Gasteiger partial charge in [0.15, 0.2) is 15.0 Å². The summed E-state index contributed by atoms with van der Waals surface area (Å²) in [6.07, 6.45) is -0.193. The number of fused-ring (bicyclic) bond motifs is 1.